The monoisotopic (exact) mass is 314 g/mol. The van der Waals surface area contributed by atoms with Gasteiger partial charge in [-0.15, -0.1) is 0 Å². The number of imidazole rings is 1. The highest BCUT2D eigenvalue weighted by Crippen LogP contribution is 2.28. The molecule has 0 saturated carbocycles. The minimum Gasteiger partial charge on any atom is -0.338 e. The van der Waals surface area contributed by atoms with Crippen LogP contribution in [0, 0.1) is 0 Å². The molecule has 0 unspecified atom stereocenters. The highest BCUT2D eigenvalue weighted by atomic mass is 16.2. The van der Waals surface area contributed by atoms with Gasteiger partial charge in [0.2, 0.25) is 0 Å². The lowest BCUT2D eigenvalue weighted by atomic mass is 9.95. The molecule has 6 heteroatoms. The number of H-pyrrole nitrogens is 1. The fourth-order valence-electron chi connectivity index (χ4n) is 3.18. The summed E-state index contributed by atoms with van der Waals surface area (Å²) in [5.74, 6) is 1.28. The van der Waals surface area contributed by atoms with Crippen molar-refractivity contribution in [2.45, 2.75) is 38.6 Å². The van der Waals surface area contributed by atoms with Gasteiger partial charge in [-0.1, -0.05) is 0 Å². The summed E-state index contributed by atoms with van der Waals surface area (Å²) in [5.41, 5.74) is -0.107. The number of likely N-dealkylation sites (tertiary alicyclic amines) is 1. The van der Waals surface area contributed by atoms with Crippen LogP contribution in [0.25, 0.3) is 0 Å². The zero-order valence-corrected chi connectivity index (χ0v) is 13.5. The molecule has 3 rings (SSSR count). The average molecular weight is 314 g/mol. The number of aromatic nitrogens is 3. The van der Waals surface area contributed by atoms with Crippen molar-refractivity contribution in [2.75, 3.05) is 13.1 Å². The molecule has 0 spiro atoms. The van der Waals surface area contributed by atoms with Crippen LogP contribution in [0.2, 0.25) is 0 Å². The van der Waals surface area contributed by atoms with Crippen LogP contribution in [0.1, 0.15) is 54.8 Å². The second kappa shape index (κ2) is 6.40. The number of rotatable bonds is 3. The van der Waals surface area contributed by atoms with Gasteiger partial charge in [0.25, 0.3) is 11.5 Å². The Morgan fingerprint density at radius 1 is 1.35 bits per heavy atom. The van der Waals surface area contributed by atoms with Gasteiger partial charge >= 0.3 is 0 Å². The van der Waals surface area contributed by atoms with Crippen LogP contribution < -0.4 is 5.56 Å². The Morgan fingerprint density at radius 3 is 2.74 bits per heavy atom. The Balaban J connectivity index is 1.69. The number of amides is 1. The Morgan fingerprint density at radius 2 is 2.09 bits per heavy atom. The van der Waals surface area contributed by atoms with E-state index in [0.29, 0.717) is 25.0 Å². The van der Waals surface area contributed by atoms with Crippen molar-refractivity contribution in [3.63, 3.8) is 0 Å². The van der Waals surface area contributed by atoms with Crippen molar-refractivity contribution in [1.82, 2.24) is 19.4 Å². The molecule has 0 bridgehead atoms. The molecule has 0 aromatic carbocycles. The number of carbonyl (C=O) groups excluding carboxylic acids is 1. The number of carbonyl (C=O) groups is 1. The number of pyridine rings is 1. The molecule has 2 aromatic heterocycles. The number of nitrogens with one attached hydrogen (secondary N) is 1. The first kappa shape index (κ1) is 15.5. The van der Waals surface area contributed by atoms with Crippen LogP contribution in [0.5, 0.6) is 0 Å². The molecule has 1 amide bonds. The third-order valence-corrected chi connectivity index (χ3v) is 4.45. The Labute approximate surface area is 135 Å². The van der Waals surface area contributed by atoms with Crippen molar-refractivity contribution in [1.29, 1.82) is 0 Å². The zero-order valence-electron chi connectivity index (χ0n) is 13.5. The fraction of sp³-hybridized carbons (Fsp3) is 0.471. The maximum atomic E-state index is 12.5. The average Bonchev–Trinajstić information content (AvgIpc) is 3.05. The number of nitrogens with zero attached hydrogens (tertiary/aromatic N) is 3. The lowest BCUT2D eigenvalue weighted by Crippen LogP contribution is -2.40. The third-order valence-electron chi connectivity index (χ3n) is 4.45. The SMILES string of the molecule is CC(C)n1ccnc1C1CCN(C(=O)c2ccc[nH]c2=O)CC1. The summed E-state index contributed by atoms with van der Waals surface area (Å²) in [6, 6.07) is 3.65. The summed E-state index contributed by atoms with van der Waals surface area (Å²) in [7, 11) is 0. The van der Waals surface area contributed by atoms with Gasteiger partial charge in [0.05, 0.1) is 0 Å². The number of hydrogen-bond donors (Lipinski definition) is 1. The van der Waals surface area contributed by atoms with E-state index in [-0.39, 0.29) is 17.0 Å². The molecule has 1 saturated heterocycles. The molecule has 0 atom stereocenters. The molecule has 1 aliphatic heterocycles. The quantitative estimate of drug-likeness (QED) is 0.944. The summed E-state index contributed by atoms with van der Waals surface area (Å²) in [4.78, 5) is 33.1. The minimum absolute atomic E-state index is 0.183. The summed E-state index contributed by atoms with van der Waals surface area (Å²) in [6.45, 7) is 5.60. The van der Waals surface area contributed by atoms with Crippen molar-refractivity contribution in [2.24, 2.45) is 0 Å². The van der Waals surface area contributed by atoms with Crippen LogP contribution in [0.4, 0.5) is 0 Å². The molecule has 2 aromatic rings. The summed E-state index contributed by atoms with van der Waals surface area (Å²) in [6.07, 6.45) is 7.15. The number of aromatic amines is 1. The zero-order chi connectivity index (χ0) is 16.4. The van der Waals surface area contributed by atoms with Crippen LogP contribution in [0.3, 0.4) is 0 Å². The predicted octanol–water partition coefficient (Wildman–Crippen LogP) is 2.17. The van der Waals surface area contributed by atoms with Gasteiger partial charge in [-0.2, -0.15) is 0 Å². The van der Waals surface area contributed by atoms with Crippen LogP contribution in [-0.4, -0.2) is 38.4 Å². The molecule has 1 aliphatic rings. The molecule has 3 heterocycles. The van der Waals surface area contributed by atoms with Crippen molar-refractivity contribution >= 4 is 5.91 Å². The van der Waals surface area contributed by atoms with E-state index >= 15 is 0 Å². The molecular formula is C17H22N4O2. The summed E-state index contributed by atoms with van der Waals surface area (Å²) in [5, 5.41) is 0. The second-order valence-corrected chi connectivity index (χ2v) is 6.27. The van der Waals surface area contributed by atoms with Gasteiger partial charge in [0.15, 0.2) is 0 Å². The van der Waals surface area contributed by atoms with E-state index in [9.17, 15) is 9.59 Å². The van der Waals surface area contributed by atoms with Crippen LogP contribution >= 0.6 is 0 Å². The van der Waals surface area contributed by atoms with E-state index in [1.54, 1.807) is 17.0 Å². The van der Waals surface area contributed by atoms with Crippen molar-refractivity contribution in [3.8, 4) is 0 Å². The molecular weight excluding hydrogens is 292 g/mol. The number of piperidine rings is 1. The number of hydrogen-bond acceptors (Lipinski definition) is 3. The van der Waals surface area contributed by atoms with E-state index in [0.717, 1.165) is 18.7 Å². The van der Waals surface area contributed by atoms with Gasteiger partial charge in [-0.3, -0.25) is 9.59 Å². The van der Waals surface area contributed by atoms with E-state index in [2.05, 4.69) is 28.4 Å². The second-order valence-electron chi connectivity index (χ2n) is 6.27. The lowest BCUT2D eigenvalue weighted by Gasteiger charge is -2.32. The highest BCUT2D eigenvalue weighted by molar-refractivity contribution is 5.93. The van der Waals surface area contributed by atoms with Gasteiger partial charge in [-0.05, 0) is 38.8 Å². The smallest absolute Gasteiger partial charge is 0.260 e. The normalized spacial score (nSPS) is 16.0. The first-order chi connectivity index (χ1) is 11.1. The molecule has 0 radical (unpaired) electrons. The minimum atomic E-state index is -0.324. The molecule has 1 fully saturated rings. The first-order valence-corrected chi connectivity index (χ1v) is 8.07. The Hall–Kier alpha value is -2.37. The maximum absolute atomic E-state index is 12.5. The molecule has 6 nitrogen and oxygen atoms in total. The molecule has 23 heavy (non-hydrogen) atoms. The van der Waals surface area contributed by atoms with E-state index in [1.807, 2.05) is 12.4 Å². The van der Waals surface area contributed by atoms with E-state index in [4.69, 9.17) is 0 Å². The summed E-state index contributed by atoms with van der Waals surface area (Å²) >= 11 is 0. The largest absolute Gasteiger partial charge is 0.338 e. The predicted molar refractivity (Wildman–Crippen MR) is 87.6 cm³/mol. The Kier molecular flexibility index (Phi) is 4.32. The fourth-order valence-corrected chi connectivity index (χ4v) is 3.18. The van der Waals surface area contributed by atoms with Gasteiger partial charge < -0.3 is 14.5 Å². The van der Waals surface area contributed by atoms with Crippen molar-refractivity contribution in [3.05, 3.63) is 52.5 Å². The topological polar surface area (TPSA) is 71.0 Å². The van der Waals surface area contributed by atoms with Gasteiger partial charge in [-0.25, -0.2) is 4.98 Å². The van der Waals surface area contributed by atoms with Crippen LogP contribution in [-0.2, 0) is 0 Å². The highest BCUT2D eigenvalue weighted by Gasteiger charge is 2.28. The van der Waals surface area contributed by atoms with Crippen LogP contribution in [0.15, 0.2) is 35.5 Å². The van der Waals surface area contributed by atoms with E-state index < -0.39 is 0 Å². The van der Waals surface area contributed by atoms with E-state index in [1.165, 1.54) is 6.20 Å². The lowest BCUT2D eigenvalue weighted by molar-refractivity contribution is 0.0708. The standard InChI is InChI=1S/C17H22N4O2/c1-12(2)21-11-8-18-15(21)13-5-9-20(10-6-13)17(23)14-4-3-7-19-16(14)22/h3-4,7-8,11-13H,5-6,9-10H2,1-2H3,(H,19,22). The Bertz CT molecular complexity index is 739. The summed E-state index contributed by atoms with van der Waals surface area (Å²) < 4.78 is 2.20. The molecule has 0 aliphatic carbocycles. The molecule has 1 N–H and O–H groups in total. The maximum Gasteiger partial charge on any atom is 0.260 e. The third kappa shape index (κ3) is 3.06. The van der Waals surface area contributed by atoms with Gasteiger partial charge in [0.1, 0.15) is 11.4 Å². The first-order valence-electron chi connectivity index (χ1n) is 8.07. The molecule has 122 valence electrons. The van der Waals surface area contributed by atoms with Crippen molar-refractivity contribution < 1.29 is 4.79 Å². The van der Waals surface area contributed by atoms with Gasteiger partial charge in [0, 0.05) is 43.6 Å².